The molecule has 23 heavy (non-hydrogen) atoms. The lowest BCUT2D eigenvalue weighted by molar-refractivity contribution is -0.637. The highest BCUT2D eigenvalue weighted by atomic mass is 16.3. The first-order valence-electron chi connectivity index (χ1n) is 8.44. The van der Waals surface area contributed by atoms with E-state index in [0.717, 1.165) is 23.7 Å². The quantitative estimate of drug-likeness (QED) is 0.709. The number of piperidine rings is 1. The molecule has 6 rings (SSSR count). The molecule has 5 heterocycles. The highest BCUT2D eigenvalue weighted by Crippen LogP contribution is 2.50. The number of rotatable bonds is 1. The van der Waals surface area contributed by atoms with Crippen molar-refractivity contribution in [3.8, 4) is 5.75 Å². The minimum Gasteiger partial charge on any atom is -0.508 e. The molecule has 118 valence electrons. The van der Waals surface area contributed by atoms with E-state index in [1.54, 1.807) is 6.07 Å². The fourth-order valence-electron chi connectivity index (χ4n) is 5.13. The standard InChI is InChI=1S/C19H20N2O2/c1-2-10-8-21-17-7-14-13-5-11(23)3-4-16(13)20-19(14)18(21)6-12(10)15(17)9-22/h2-5,8,12,15,17-18,20,22H,6-7,9H2,1H3/p+1/t12-,15-,17+,18+/m1/s1. The zero-order chi connectivity index (χ0) is 15.7. The first kappa shape index (κ1) is 13.4. The number of allylic oxidation sites excluding steroid dienone is 2. The second-order valence-corrected chi connectivity index (χ2v) is 7.09. The van der Waals surface area contributed by atoms with Gasteiger partial charge in [-0.05, 0) is 30.7 Å². The van der Waals surface area contributed by atoms with Crippen molar-refractivity contribution in [2.24, 2.45) is 11.8 Å². The lowest BCUT2D eigenvalue weighted by Crippen LogP contribution is -2.55. The van der Waals surface area contributed by atoms with Gasteiger partial charge in [0.2, 0.25) is 0 Å². The first-order chi connectivity index (χ1) is 11.2. The van der Waals surface area contributed by atoms with Gasteiger partial charge in [0.25, 0.3) is 0 Å². The summed E-state index contributed by atoms with van der Waals surface area (Å²) >= 11 is 0. The summed E-state index contributed by atoms with van der Waals surface area (Å²) in [7, 11) is 0. The lowest BCUT2D eigenvalue weighted by Gasteiger charge is -2.45. The zero-order valence-corrected chi connectivity index (χ0v) is 13.2. The van der Waals surface area contributed by atoms with Crippen LogP contribution in [0.4, 0.5) is 0 Å². The normalized spacial score (nSPS) is 33.1. The van der Waals surface area contributed by atoms with Crippen molar-refractivity contribution in [2.45, 2.75) is 31.8 Å². The van der Waals surface area contributed by atoms with Crippen molar-refractivity contribution in [2.75, 3.05) is 6.61 Å². The zero-order valence-electron chi connectivity index (χ0n) is 13.2. The molecule has 3 N–H and O–H groups in total. The van der Waals surface area contributed by atoms with E-state index >= 15 is 0 Å². The number of phenols is 1. The molecule has 4 nitrogen and oxygen atoms in total. The number of hydrogen-bond acceptors (Lipinski definition) is 2. The second kappa shape index (κ2) is 4.48. The summed E-state index contributed by atoms with van der Waals surface area (Å²) < 4.78 is 2.47. The largest absolute Gasteiger partial charge is 0.508 e. The van der Waals surface area contributed by atoms with E-state index in [0.29, 0.717) is 29.7 Å². The fourth-order valence-corrected chi connectivity index (χ4v) is 5.13. The van der Waals surface area contributed by atoms with Crippen LogP contribution in [0.25, 0.3) is 10.9 Å². The molecular weight excluding hydrogens is 288 g/mol. The monoisotopic (exact) mass is 309 g/mol. The van der Waals surface area contributed by atoms with Crippen LogP contribution in [0.5, 0.6) is 5.75 Å². The molecule has 1 saturated heterocycles. The average molecular weight is 309 g/mol. The molecule has 4 atom stereocenters. The maximum absolute atomic E-state index is 9.98. The number of aliphatic hydroxyl groups excluding tert-OH is 1. The van der Waals surface area contributed by atoms with Gasteiger partial charge < -0.3 is 15.2 Å². The van der Waals surface area contributed by atoms with Crippen molar-refractivity contribution >= 4 is 17.1 Å². The molecule has 0 amide bonds. The molecule has 4 heteroatoms. The van der Waals surface area contributed by atoms with Crippen LogP contribution < -0.4 is 0 Å². The SMILES string of the molecule is CC=C1C=[N+]2[C@H]3C[C@H]1[C@@H](CO)[C@@H]2Cc1c3[nH]c2ccc(O)cc12. The van der Waals surface area contributed by atoms with Crippen LogP contribution in [-0.2, 0) is 6.42 Å². The van der Waals surface area contributed by atoms with E-state index in [2.05, 4.69) is 28.8 Å². The van der Waals surface area contributed by atoms with E-state index in [1.807, 2.05) is 12.1 Å². The van der Waals surface area contributed by atoms with Gasteiger partial charge in [0.15, 0.2) is 18.3 Å². The number of aromatic nitrogens is 1. The van der Waals surface area contributed by atoms with Crippen LogP contribution in [0, 0.1) is 11.8 Å². The maximum atomic E-state index is 9.98. The van der Waals surface area contributed by atoms with Gasteiger partial charge in [-0.2, -0.15) is 0 Å². The number of aromatic amines is 1. The Kier molecular flexibility index (Phi) is 2.61. The number of nitrogens with one attached hydrogen (secondary N) is 1. The number of hydrogen-bond donors (Lipinski definition) is 3. The van der Waals surface area contributed by atoms with Gasteiger partial charge >= 0.3 is 0 Å². The molecule has 0 spiro atoms. The molecular formula is C19H21N2O2+. The van der Waals surface area contributed by atoms with Gasteiger partial charge in [-0.25, -0.2) is 4.58 Å². The number of aliphatic hydroxyl groups is 1. The molecule has 4 aliphatic heterocycles. The molecule has 1 aromatic carbocycles. The molecule has 1 aromatic heterocycles. The Bertz CT molecular complexity index is 877. The maximum Gasteiger partial charge on any atom is 0.193 e. The molecule has 0 unspecified atom stereocenters. The van der Waals surface area contributed by atoms with Crippen LogP contribution in [0.15, 0.2) is 29.8 Å². The Morgan fingerprint density at radius 3 is 3.04 bits per heavy atom. The van der Waals surface area contributed by atoms with Gasteiger partial charge in [0.1, 0.15) is 5.75 Å². The Morgan fingerprint density at radius 1 is 1.39 bits per heavy atom. The Hall–Kier alpha value is -2.07. The first-order valence-corrected chi connectivity index (χ1v) is 8.44. The molecule has 2 aromatic rings. The van der Waals surface area contributed by atoms with Gasteiger partial charge in [0.05, 0.1) is 18.2 Å². The smallest absolute Gasteiger partial charge is 0.193 e. The number of phenolic OH excluding ortho intramolecular Hbond substituents is 1. The van der Waals surface area contributed by atoms with Crippen LogP contribution in [0.1, 0.15) is 30.6 Å². The van der Waals surface area contributed by atoms with Crippen LogP contribution in [0.3, 0.4) is 0 Å². The number of fused-ring (bicyclic) bond motifs is 4. The summed E-state index contributed by atoms with van der Waals surface area (Å²) in [5.74, 6) is 1.08. The number of nitrogens with zero attached hydrogens (tertiary/aromatic N) is 1. The van der Waals surface area contributed by atoms with E-state index < -0.39 is 0 Å². The number of H-pyrrole nitrogens is 1. The van der Waals surface area contributed by atoms with E-state index in [1.165, 1.54) is 16.8 Å². The van der Waals surface area contributed by atoms with E-state index in [4.69, 9.17) is 0 Å². The molecule has 4 bridgehead atoms. The summed E-state index contributed by atoms with van der Waals surface area (Å²) in [6.07, 6.45) is 6.49. The van der Waals surface area contributed by atoms with Crippen molar-refractivity contribution in [3.05, 3.63) is 41.1 Å². The van der Waals surface area contributed by atoms with Crippen molar-refractivity contribution < 1.29 is 14.8 Å². The Labute approximate surface area is 134 Å². The van der Waals surface area contributed by atoms with Crippen molar-refractivity contribution in [1.29, 1.82) is 0 Å². The van der Waals surface area contributed by atoms with E-state index in [9.17, 15) is 10.2 Å². The Balaban J connectivity index is 1.74. The summed E-state index contributed by atoms with van der Waals surface area (Å²) in [5, 5.41) is 21.0. The fraction of sp³-hybridized carbons (Fsp3) is 0.421. The van der Waals surface area contributed by atoms with E-state index in [-0.39, 0.29) is 6.61 Å². The minimum absolute atomic E-state index is 0.243. The third kappa shape index (κ3) is 1.62. The summed E-state index contributed by atoms with van der Waals surface area (Å²) in [6, 6.07) is 6.30. The molecule has 4 aliphatic rings. The molecule has 0 radical (unpaired) electrons. The third-order valence-electron chi connectivity index (χ3n) is 6.17. The van der Waals surface area contributed by atoms with Crippen LogP contribution in [0.2, 0.25) is 0 Å². The summed E-state index contributed by atoms with van der Waals surface area (Å²) in [6.45, 7) is 2.34. The Morgan fingerprint density at radius 2 is 2.26 bits per heavy atom. The second-order valence-electron chi connectivity index (χ2n) is 7.09. The third-order valence-corrected chi connectivity index (χ3v) is 6.17. The number of aromatic hydroxyl groups is 1. The predicted molar refractivity (Wildman–Crippen MR) is 89.0 cm³/mol. The average Bonchev–Trinajstić information content (AvgIpc) is 2.92. The molecule has 1 fully saturated rings. The van der Waals surface area contributed by atoms with Crippen molar-refractivity contribution in [1.82, 2.24) is 4.98 Å². The summed E-state index contributed by atoms with van der Waals surface area (Å²) in [5.41, 5.74) is 5.10. The van der Waals surface area contributed by atoms with Gasteiger partial charge in [-0.3, -0.25) is 0 Å². The van der Waals surface area contributed by atoms with Crippen LogP contribution >= 0.6 is 0 Å². The van der Waals surface area contributed by atoms with Crippen molar-refractivity contribution in [3.63, 3.8) is 0 Å². The van der Waals surface area contributed by atoms with Gasteiger partial charge in [-0.15, -0.1) is 0 Å². The molecule has 0 saturated carbocycles. The van der Waals surface area contributed by atoms with Crippen LogP contribution in [-0.4, -0.2) is 38.6 Å². The highest BCUT2D eigenvalue weighted by Gasteiger charge is 2.55. The summed E-state index contributed by atoms with van der Waals surface area (Å²) in [4.78, 5) is 3.59. The topological polar surface area (TPSA) is 59.3 Å². The highest BCUT2D eigenvalue weighted by molar-refractivity contribution is 5.87. The minimum atomic E-state index is 0.243. The lowest BCUT2D eigenvalue weighted by atomic mass is 9.66. The number of benzene rings is 1. The van der Waals surface area contributed by atoms with Gasteiger partial charge in [0, 0.05) is 35.2 Å². The predicted octanol–water partition coefficient (Wildman–Crippen LogP) is 2.51. The molecule has 0 aliphatic carbocycles. The van der Waals surface area contributed by atoms with Gasteiger partial charge in [-0.1, -0.05) is 6.08 Å².